The summed E-state index contributed by atoms with van der Waals surface area (Å²) in [6, 6.07) is 54.8. The second-order valence-corrected chi connectivity index (χ2v) is 12.6. The van der Waals surface area contributed by atoms with Crippen molar-refractivity contribution in [1.82, 2.24) is 0 Å². The Kier molecular flexibility index (Phi) is 5.93. The van der Waals surface area contributed by atoms with Crippen LogP contribution in [0.4, 0.5) is 17.1 Å². The van der Waals surface area contributed by atoms with Gasteiger partial charge in [-0.05, 0) is 70.3 Å². The Hall–Kier alpha value is -6.03. The van der Waals surface area contributed by atoms with Crippen LogP contribution in [-0.4, -0.2) is 0 Å². The van der Waals surface area contributed by atoms with Crippen molar-refractivity contribution in [1.29, 1.82) is 0 Å². The van der Waals surface area contributed by atoms with E-state index >= 15 is 0 Å². The highest BCUT2D eigenvalue weighted by molar-refractivity contribution is 6.34. The first-order chi connectivity index (χ1) is 23.7. The summed E-state index contributed by atoms with van der Waals surface area (Å²) in [5.74, 6) is 0. The lowest BCUT2D eigenvalue weighted by Crippen LogP contribution is -2.11. The largest absolute Gasteiger partial charge is 0.455 e. The standard InChI is InChI=1S/C44H26ClNO2/c45-28-21-23-35-37(25-28)31-14-4-5-16-33(31)42-36-24-22-29(26-41(36)48-44(35)42)46(38-18-8-6-13-30(38)27-11-2-1-3-12-27)39-19-10-17-34-32-15-7-9-20-40(32)47-43(34)39/h1-26H. The number of nitrogens with zero attached hydrogens (tertiary/aromatic N) is 1. The SMILES string of the molecule is Clc1ccc2c(c1)c1ccccc1c1c3ccc(N(c4ccccc4-c4ccccc4)c4cccc5c4oc4ccccc45)cc3oc21. The molecule has 0 unspecified atom stereocenters. The topological polar surface area (TPSA) is 29.5 Å². The quantitative estimate of drug-likeness (QED) is 0.180. The van der Waals surface area contributed by atoms with Crippen molar-refractivity contribution in [3.05, 3.63) is 163 Å². The first-order valence-electron chi connectivity index (χ1n) is 16.0. The molecule has 0 bridgehead atoms. The molecule has 0 saturated heterocycles. The average Bonchev–Trinajstić information content (AvgIpc) is 3.72. The van der Waals surface area contributed by atoms with Crippen LogP contribution in [0.15, 0.2) is 167 Å². The number of furan rings is 2. The van der Waals surface area contributed by atoms with Crippen LogP contribution in [0.5, 0.6) is 0 Å². The molecule has 10 rings (SSSR count). The highest BCUT2D eigenvalue weighted by Gasteiger charge is 2.23. The molecule has 4 heteroatoms. The van der Waals surface area contributed by atoms with E-state index in [1.165, 1.54) is 0 Å². The Morgan fingerprint density at radius 1 is 0.417 bits per heavy atom. The number of hydrogen-bond donors (Lipinski definition) is 0. The summed E-state index contributed by atoms with van der Waals surface area (Å²) in [6.07, 6.45) is 0. The molecule has 48 heavy (non-hydrogen) atoms. The molecule has 0 aliphatic heterocycles. The van der Waals surface area contributed by atoms with Gasteiger partial charge in [0.25, 0.3) is 0 Å². The van der Waals surface area contributed by atoms with Gasteiger partial charge in [-0.3, -0.25) is 0 Å². The fraction of sp³-hybridized carbons (Fsp3) is 0. The minimum atomic E-state index is 0.706. The van der Waals surface area contributed by atoms with Crippen LogP contribution < -0.4 is 4.90 Å². The van der Waals surface area contributed by atoms with E-state index in [0.29, 0.717) is 5.02 Å². The van der Waals surface area contributed by atoms with Gasteiger partial charge in [0.15, 0.2) is 5.58 Å². The van der Waals surface area contributed by atoms with Gasteiger partial charge >= 0.3 is 0 Å². The van der Waals surface area contributed by atoms with E-state index in [9.17, 15) is 0 Å². The molecule has 0 aliphatic carbocycles. The van der Waals surface area contributed by atoms with Gasteiger partial charge in [-0.25, -0.2) is 0 Å². The predicted molar refractivity (Wildman–Crippen MR) is 201 cm³/mol. The van der Waals surface area contributed by atoms with Crippen molar-refractivity contribution >= 4 is 94.1 Å². The van der Waals surface area contributed by atoms with Crippen molar-refractivity contribution in [2.45, 2.75) is 0 Å². The molecule has 0 N–H and O–H groups in total. The molecule has 226 valence electrons. The summed E-state index contributed by atoms with van der Waals surface area (Å²) in [5, 5.41) is 9.49. The zero-order chi connectivity index (χ0) is 31.8. The molecular weight excluding hydrogens is 610 g/mol. The van der Waals surface area contributed by atoms with Gasteiger partial charge in [0, 0.05) is 43.6 Å². The predicted octanol–water partition coefficient (Wildman–Crippen LogP) is 13.6. The van der Waals surface area contributed by atoms with Crippen LogP contribution in [0.2, 0.25) is 5.02 Å². The summed E-state index contributed by atoms with van der Waals surface area (Å²) in [4.78, 5) is 2.30. The van der Waals surface area contributed by atoms with Crippen molar-refractivity contribution < 1.29 is 8.83 Å². The fourth-order valence-electron chi connectivity index (χ4n) is 7.40. The first kappa shape index (κ1) is 27.1. The monoisotopic (exact) mass is 635 g/mol. The van der Waals surface area contributed by atoms with E-state index in [4.69, 9.17) is 20.4 Å². The smallest absolute Gasteiger partial charge is 0.159 e. The summed E-state index contributed by atoms with van der Waals surface area (Å²) < 4.78 is 13.5. The minimum absolute atomic E-state index is 0.706. The molecule has 0 radical (unpaired) electrons. The van der Waals surface area contributed by atoms with Crippen molar-refractivity contribution in [2.24, 2.45) is 0 Å². The van der Waals surface area contributed by atoms with Crippen LogP contribution >= 0.6 is 11.6 Å². The molecule has 3 nitrogen and oxygen atoms in total. The van der Waals surface area contributed by atoms with Crippen LogP contribution in [0, 0.1) is 0 Å². The van der Waals surface area contributed by atoms with E-state index in [-0.39, 0.29) is 0 Å². The molecule has 2 heterocycles. The zero-order valence-electron chi connectivity index (χ0n) is 25.7. The van der Waals surface area contributed by atoms with E-state index in [0.717, 1.165) is 93.6 Å². The highest BCUT2D eigenvalue weighted by atomic mass is 35.5. The van der Waals surface area contributed by atoms with Crippen molar-refractivity contribution in [3.63, 3.8) is 0 Å². The second kappa shape index (κ2) is 10.5. The summed E-state index contributed by atoms with van der Waals surface area (Å²) in [7, 11) is 0. The molecule has 0 aliphatic rings. The highest BCUT2D eigenvalue weighted by Crippen LogP contribution is 2.47. The molecular formula is C44H26ClNO2. The average molecular weight is 636 g/mol. The van der Waals surface area contributed by atoms with E-state index < -0.39 is 0 Å². The Labute approximate surface area is 280 Å². The number of halogens is 1. The maximum atomic E-state index is 6.83. The first-order valence-corrected chi connectivity index (χ1v) is 16.4. The molecule has 0 amide bonds. The Balaban J connectivity index is 1.28. The zero-order valence-corrected chi connectivity index (χ0v) is 26.4. The lowest BCUT2D eigenvalue weighted by molar-refractivity contribution is 0.668. The van der Waals surface area contributed by atoms with Gasteiger partial charge in [-0.15, -0.1) is 0 Å². The van der Waals surface area contributed by atoms with E-state index in [1.54, 1.807) is 0 Å². The van der Waals surface area contributed by atoms with Gasteiger partial charge in [0.1, 0.15) is 16.7 Å². The van der Waals surface area contributed by atoms with E-state index in [2.05, 4.69) is 138 Å². The van der Waals surface area contributed by atoms with Gasteiger partial charge in [-0.2, -0.15) is 0 Å². The number of para-hydroxylation sites is 3. The van der Waals surface area contributed by atoms with Crippen molar-refractivity contribution in [2.75, 3.05) is 4.90 Å². The van der Waals surface area contributed by atoms with Crippen molar-refractivity contribution in [3.8, 4) is 11.1 Å². The van der Waals surface area contributed by atoms with Gasteiger partial charge in [0.2, 0.25) is 0 Å². The molecule has 2 aromatic heterocycles. The fourth-order valence-corrected chi connectivity index (χ4v) is 7.57. The van der Waals surface area contributed by atoms with Crippen LogP contribution in [0.25, 0.3) is 76.5 Å². The Bertz CT molecular complexity index is 2870. The lowest BCUT2D eigenvalue weighted by Gasteiger charge is -2.27. The maximum absolute atomic E-state index is 6.83. The molecule has 0 fully saturated rings. The summed E-state index contributed by atoms with van der Waals surface area (Å²) >= 11 is 6.50. The number of anilines is 3. The van der Waals surface area contributed by atoms with Gasteiger partial charge in [-0.1, -0.05) is 115 Å². The second-order valence-electron chi connectivity index (χ2n) is 12.2. The number of hydrogen-bond acceptors (Lipinski definition) is 3. The number of benzene rings is 8. The van der Waals surface area contributed by atoms with Crippen LogP contribution in [0.1, 0.15) is 0 Å². The van der Waals surface area contributed by atoms with Crippen LogP contribution in [-0.2, 0) is 0 Å². The number of fused-ring (bicyclic) bond motifs is 11. The Morgan fingerprint density at radius 2 is 1.08 bits per heavy atom. The number of rotatable bonds is 4. The normalized spacial score (nSPS) is 11.9. The summed E-state index contributed by atoms with van der Waals surface area (Å²) in [6.45, 7) is 0. The molecule has 0 atom stereocenters. The molecule has 0 saturated carbocycles. The Morgan fingerprint density at radius 3 is 1.98 bits per heavy atom. The third-order valence-electron chi connectivity index (χ3n) is 9.50. The van der Waals surface area contributed by atoms with Crippen LogP contribution in [0.3, 0.4) is 0 Å². The molecule has 10 aromatic rings. The maximum Gasteiger partial charge on any atom is 0.159 e. The van der Waals surface area contributed by atoms with Gasteiger partial charge < -0.3 is 13.7 Å². The minimum Gasteiger partial charge on any atom is -0.455 e. The molecule has 0 spiro atoms. The van der Waals surface area contributed by atoms with E-state index in [1.807, 2.05) is 24.3 Å². The third-order valence-corrected chi connectivity index (χ3v) is 9.73. The molecule has 8 aromatic carbocycles. The third kappa shape index (κ3) is 4.01. The summed E-state index contributed by atoms with van der Waals surface area (Å²) in [5.41, 5.74) is 8.58. The van der Waals surface area contributed by atoms with Gasteiger partial charge in [0.05, 0.1) is 17.1 Å². The lowest BCUT2D eigenvalue weighted by atomic mass is 9.97.